The summed E-state index contributed by atoms with van der Waals surface area (Å²) in [6, 6.07) is 7.69. The molecule has 3 aromatic rings. The van der Waals surface area contributed by atoms with Gasteiger partial charge in [-0.2, -0.15) is 5.10 Å². The number of hydrogen-bond acceptors (Lipinski definition) is 5. The number of halogens is 1. The van der Waals surface area contributed by atoms with Gasteiger partial charge in [0.1, 0.15) is 0 Å². The maximum atomic E-state index is 13.9. The number of aryl methyl sites for hydroxylation is 1. The second-order valence-corrected chi connectivity index (χ2v) is 9.79. The molecule has 1 amide bonds. The van der Waals surface area contributed by atoms with Crippen molar-refractivity contribution in [2.24, 2.45) is 0 Å². The molecule has 0 radical (unpaired) electrons. The molecule has 7 nitrogen and oxygen atoms in total. The molecule has 2 aromatic heterocycles. The first kappa shape index (κ1) is 23.1. The molecule has 2 fully saturated rings. The van der Waals surface area contributed by atoms with E-state index in [4.69, 9.17) is 21.3 Å². The van der Waals surface area contributed by atoms with E-state index in [-0.39, 0.29) is 18.0 Å². The zero-order valence-electron chi connectivity index (χ0n) is 19.8. The molecule has 3 heterocycles. The average molecular weight is 482 g/mol. The summed E-state index contributed by atoms with van der Waals surface area (Å²) in [6.07, 6.45) is 6.95. The third-order valence-electron chi connectivity index (χ3n) is 7.12. The molecule has 2 aliphatic rings. The molecular weight excluding hydrogens is 450 g/mol. The number of anilines is 1. The molecule has 1 aliphatic carbocycles. The van der Waals surface area contributed by atoms with E-state index in [0.717, 1.165) is 73.4 Å². The summed E-state index contributed by atoms with van der Waals surface area (Å²) >= 11 is 6.06. The SMILES string of the molecule is CCn1ncc2c(NC3CCOCC3)c(C(=O)NC(C)c3ccc(Cl)cc3)c(C3CCC3)nc21. The highest BCUT2D eigenvalue weighted by Crippen LogP contribution is 2.41. The first-order valence-corrected chi connectivity index (χ1v) is 12.7. The van der Waals surface area contributed by atoms with Crippen LogP contribution in [0.15, 0.2) is 30.5 Å². The van der Waals surface area contributed by atoms with Crippen LogP contribution in [0, 0.1) is 0 Å². The summed E-state index contributed by atoms with van der Waals surface area (Å²) in [4.78, 5) is 18.9. The van der Waals surface area contributed by atoms with Crippen LogP contribution in [0.2, 0.25) is 5.02 Å². The van der Waals surface area contributed by atoms with Gasteiger partial charge in [-0.1, -0.05) is 30.2 Å². The van der Waals surface area contributed by atoms with Crippen LogP contribution in [0.25, 0.3) is 11.0 Å². The molecule has 8 heteroatoms. The third-order valence-corrected chi connectivity index (χ3v) is 7.37. The summed E-state index contributed by atoms with van der Waals surface area (Å²) in [5, 5.41) is 13.1. The number of nitrogens with zero attached hydrogens (tertiary/aromatic N) is 3. The van der Waals surface area contributed by atoms with Crippen molar-refractivity contribution < 1.29 is 9.53 Å². The molecule has 1 saturated heterocycles. The molecule has 0 bridgehead atoms. The lowest BCUT2D eigenvalue weighted by Gasteiger charge is -2.30. The summed E-state index contributed by atoms with van der Waals surface area (Å²) in [5.74, 6) is 0.198. The highest BCUT2D eigenvalue weighted by atomic mass is 35.5. The standard InChI is InChI=1S/C26H32ClN5O2/c1-3-32-25-21(15-28-32)24(30-20-11-13-34-14-12-20)22(23(31-25)18-5-4-6-18)26(33)29-16(2)17-7-9-19(27)10-8-17/h7-10,15-16,18,20H,3-6,11-14H2,1-2H3,(H,29,33)(H,30,31). The van der Waals surface area contributed by atoms with Crippen LogP contribution in [0.1, 0.15) is 79.5 Å². The zero-order chi connectivity index (χ0) is 23.7. The van der Waals surface area contributed by atoms with Gasteiger partial charge in [-0.3, -0.25) is 4.79 Å². The first-order valence-electron chi connectivity index (χ1n) is 12.3. The monoisotopic (exact) mass is 481 g/mol. The second kappa shape index (κ2) is 9.92. The van der Waals surface area contributed by atoms with Crippen molar-refractivity contribution in [2.75, 3.05) is 18.5 Å². The number of nitrogens with one attached hydrogen (secondary N) is 2. The Morgan fingerprint density at radius 2 is 1.94 bits per heavy atom. The Balaban J connectivity index is 1.57. The normalized spacial score (nSPS) is 18.0. The minimum atomic E-state index is -0.163. The number of aromatic nitrogens is 3. The van der Waals surface area contributed by atoms with Crippen LogP contribution in [0.5, 0.6) is 0 Å². The van der Waals surface area contributed by atoms with Gasteiger partial charge in [-0.25, -0.2) is 9.67 Å². The quantitative estimate of drug-likeness (QED) is 0.468. The van der Waals surface area contributed by atoms with E-state index in [2.05, 4.69) is 22.7 Å². The average Bonchev–Trinajstić information content (AvgIpc) is 3.22. The van der Waals surface area contributed by atoms with Crippen LogP contribution in [0.3, 0.4) is 0 Å². The topological polar surface area (TPSA) is 81.1 Å². The molecule has 1 saturated carbocycles. The first-order chi connectivity index (χ1) is 16.5. The predicted octanol–water partition coefficient (Wildman–Crippen LogP) is 5.45. The maximum absolute atomic E-state index is 13.9. The molecular formula is C26H32ClN5O2. The lowest BCUT2D eigenvalue weighted by molar-refractivity contribution is 0.0903. The minimum absolute atomic E-state index is 0.0995. The molecule has 5 rings (SSSR count). The lowest BCUT2D eigenvalue weighted by Crippen LogP contribution is -2.33. The van der Waals surface area contributed by atoms with E-state index >= 15 is 0 Å². The number of benzene rings is 1. The van der Waals surface area contributed by atoms with Gasteiger partial charge in [0.25, 0.3) is 5.91 Å². The molecule has 34 heavy (non-hydrogen) atoms. The number of fused-ring (bicyclic) bond motifs is 1. The Morgan fingerprint density at radius 1 is 1.21 bits per heavy atom. The van der Waals surface area contributed by atoms with Crippen molar-refractivity contribution in [1.82, 2.24) is 20.1 Å². The van der Waals surface area contributed by atoms with Crippen LogP contribution in [-0.2, 0) is 11.3 Å². The highest BCUT2D eigenvalue weighted by Gasteiger charge is 2.32. The van der Waals surface area contributed by atoms with Crippen LogP contribution in [-0.4, -0.2) is 39.9 Å². The number of rotatable bonds is 7. The molecule has 1 unspecified atom stereocenters. The van der Waals surface area contributed by atoms with Gasteiger partial charge in [0.2, 0.25) is 0 Å². The summed E-state index contributed by atoms with van der Waals surface area (Å²) in [5.41, 5.74) is 4.28. The van der Waals surface area contributed by atoms with Gasteiger partial charge in [0.15, 0.2) is 5.65 Å². The molecule has 2 N–H and O–H groups in total. The van der Waals surface area contributed by atoms with Crippen molar-refractivity contribution in [1.29, 1.82) is 0 Å². The second-order valence-electron chi connectivity index (χ2n) is 9.35. The third kappa shape index (κ3) is 4.51. The Kier molecular flexibility index (Phi) is 6.75. The number of amides is 1. The number of hydrogen-bond donors (Lipinski definition) is 2. The van der Waals surface area contributed by atoms with Crippen molar-refractivity contribution in [2.45, 2.75) is 70.5 Å². The number of carbonyl (C=O) groups is 1. The molecule has 1 aliphatic heterocycles. The molecule has 1 atom stereocenters. The number of ether oxygens (including phenoxy) is 1. The van der Waals surface area contributed by atoms with Gasteiger partial charge in [-0.15, -0.1) is 0 Å². The van der Waals surface area contributed by atoms with Crippen LogP contribution < -0.4 is 10.6 Å². The van der Waals surface area contributed by atoms with Gasteiger partial charge < -0.3 is 15.4 Å². The summed E-state index contributed by atoms with van der Waals surface area (Å²) in [6.45, 7) is 6.25. The summed E-state index contributed by atoms with van der Waals surface area (Å²) in [7, 11) is 0. The molecule has 1 aromatic carbocycles. The molecule has 0 spiro atoms. The van der Waals surface area contributed by atoms with Crippen molar-refractivity contribution in [3.8, 4) is 0 Å². The Morgan fingerprint density at radius 3 is 2.59 bits per heavy atom. The van der Waals surface area contributed by atoms with Crippen LogP contribution in [0.4, 0.5) is 5.69 Å². The maximum Gasteiger partial charge on any atom is 0.255 e. The van der Waals surface area contributed by atoms with E-state index in [1.165, 1.54) is 6.42 Å². The molecule has 180 valence electrons. The fourth-order valence-electron chi connectivity index (χ4n) is 4.84. The van der Waals surface area contributed by atoms with Gasteiger partial charge in [0.05, 0.1) is 34.6 Å². The fraction of sp³-hybridized carbons (Fsp3) is 0.500. The highest BCUT2D eigenvalue weighted by molar-refractivity contribution is 6.30. The van der Waals surface area contributed by atoms with E-state index in [9.17, 15) is 4.79 Å². The van der Waals surface area contributed by atoms with Gasteiger partial charge in [0, 0.05) is 36.7 Å². The predicted molar refractivity (Wildman–Crippen MR) is 135 cm³/mol. The lowest BCUT2D eigenvalue weighted by atomic mass is 9.80. The van der Waals surface area contributed by atoms with E-state index in [1.54, 1.807) is 0 Å². The Labute approximate surface area is 205 Å². The number of pyridine rings is 1. The largest absolute Gasteiger partial charge is 0.381 e. The van der Waals surface area contributed by atoms with Gasteiger partial charge >= 0.3 is 0 Å². The Bertz CT molecular complexity index is 1170. The van der Waals surface area contributed by atoms with Crippen molar-refractivity contribution in [3.05, 3.63) is 52.3 Å². The Hall–Kier alpha value is -2.64. The fourth-order valence-corrected chi connectivity index (χ4v) is 4.97. The van der Waals surface area contributed by atoms with Gasteiger partial charge in [-0.05, 0) is 57.2 Å². The zero-order valence-corrected chi connectivity index (χ0v) is 20.6. The van der Waals surface area contributed by atoms with E-state index < -0.39 is 0 Å². The smallest absolute Gasteiger partial charge is 0.255 e. The van der Waals surface area contributed by atoms with E-state index in [0.29, 0.717) is 16.5 Å². The van der Waals surface area contributed by atoms with Crippen LogP contribution >= 0.6 is 11.6 Å². The van der Waals surface area contributed by atoms with Crippen molar-refractivity contribution in [3.63, 3.8) is 0 Å². The number of carbonyl (C=O) groups excluding carboxylic acids is 1. The minimum Gasteiger partial charge on any atom is -0.381 e. The van der Waals surface area contributed by atoms with E-state index in [1.807, 2.05) is 42.1 Å². The van der Waals surface area contributed by atoms with Crippen molar-refractivity contribution >= 4 is 34.2 Å². The summed E-state index contributed by atoms with van der Waals surface area (Å²) < 4.78 is 7.49.